The molecule has 0 aromatic heterocycles. The zero-order chi connectivity index (χ0) is 25.4. The van der Waals surface area contributed by atoms with Crippen molar-refractivity contribution in [1.82, 2.24) is 15.5 Å². The van der Waals surface area contributed by atoms with Gasteiger partial charge in [0.1, 0.15) is 18.2 Å². The molecule has 7 heteroatoms. The number of carbonyl (C=O) groups excluding carboxylic acids is 3. The molecule has 1 rings (SSSR count). The number of amides is 3. The predicted octanol–water partition coefficient (Wildman–Crippen LogP) is 4.80. The molecule has 1 atom stereocenters. The third kappa shape index (κ3) is 9.44. The van der Waals surface area contributed by atoms with E-state index in [1.54, 1.807) is 25.7 Å². The largest absolute Gasteiger partial charge is 0.444 e. The van der Waals surface area contributed by atoms with E-state index in [0.29, 0.717) is 6.54 Å². The lowest BCUT2D eigenvalue weighted by atomic mass is 9.94. The minimum absolute atomic E-state index is 0.227. The molecule has 186 valence electrons. The fourth-order valence-corrected chi connectivity index (χ4v) is 3.49. The minimum Gasteiger partial charge on any atom is -0.444 e. The third-order valence-corrected chi connectivity index (χ3v) is 5.21. The van der Waals surface area contributed by atoms with E-state index in [-0.39, 0.29) is 18.4 Å². The molecule has 0 saturated carbocycles. The van der Waals surface area contributed by atoms with Crippen LogP contribution in [0.3, 0.4) is 0 Å². The third-order valence-electron chi connectivity index (χ3n) is 5.21. The van der Waals surface area contributed by atoms with Crippen LogP contribution in [0.4, 0.5) is 4.79 Å². The number of nitrogens with one attached hydrogen (secondary N) is 2. The molecular weight excluding hydrogens is 418 g/mol. The molecule has 0 aliphatic rings. The van der Waals surface area contributed by atoms with Crippen molar-refractivity contribution in [1.29, 1.82) is 0 Å². The van der Waals surface area contributed by atoms with Gasteiger partial charge in [-0.1, -0.05) is 38.0 Å². The van der Waals surface area contributed by atoms with E-state index < -0.39 is 23.3 Å². The highest BCUT2D eigenvalue weighted by molar-refractivity contribution is 5.91. The molecular formula is C26H43N3O4. The van der Waals surface area contributed by atoms with Crippen molar-refractivity contribution in [2.75, 3.05) is 13.1 Å². The zero-order valence-electron chi connectivity index (χ0n) is 21.9. The Bertz CT molecular complexity index is 822. The average molecular weight is 462 g/mol. The normalized spacial score (nSPS) is 12.6. The lowest BCUT2D eigenvalue weighted by Gasteiger charge is -2.41. The number of nitrogens with zero attached hydrogens (tertiary/aromatic N) is 1. The SMILES string of the molecule is CCCCCNC(=O)C(c1ccc(C)c(C)c1)N(C(=O)CNC(=O)OC(C)(C)C)C(C)(C)C. The highest BCUT2D eigenvalue weighted by Crippen LogP contribution is 2.30. The highest BCUT2D eigenvalue weighted by atomic mass is 16.6. The van der Waals surface area contributed by atoms with Crippen LogP contribution < -0.4 is 10.6 Å². The van der Waals surface area contributed by atoms with Crippen LogP contribution in [0.25, 0.3) is 0 Å². The summed E-state index contributed by atoms with van der Waals surface area (Å²) in [5.74, 6) is -0.588. The molecule has 2 N–H and O–H groups in total. The van der Waals surface area contributed by atoms with Gasteiger partial charge in [-0.05, 0) is 78.5 Å². The quantitative estimate of drug-likeness (QED) is 0.517. The topological polar surface area (TPSA) is 87.7 Å². The molecule has 1 aromatic rings. The van der Waals surface area contributed by atoms with E-state index in [1.165, 1.54) is 0 Å². The molecule has 0 aliphatic carbocycles. The predicted molar refractivity (Wildman–Crippen MR) is 132 cm³/mol. The van der Waals surface area contributed by atoms with Crippen LogP contribution in [-0.4, -0.2) is 47.0 Å². The van der Waals surface area contributed by atoms with Crippen molar-refractivity contribution in [3.8, 4) is 0 Å². The Morgan fingerprint density at radius 2 is 1.61 bits per heavy atom. The maximum atomic E-state index is 13.4. The molecule has 0 fully saturated rings. The first-order valence-electron chi connectivity index (χ1n) is 11.8. The summed E-state index contributed by atoms with van der Waals surface area (Å²) in [7, 11) is 0. The van der Waals surface area contributed by atoms with Gasteiger partial charge >= 0.3 is 6.09 Å². The molecule has 3 amide bonds. The molecule has 7 nitrogen and oxygen atoms in total. The number of carbonyl (C=O) groups is 3. The summed E-state index contributed by atoms with van der Waals surface area (Å²) in [6, 6.07) is 5.00. The van der Waals surface area contributed by atoms with Crippen LogP contribution in [-0.2, 0) is 14.3 Å². The first-order valence-corrected chi connectivity index (χ1v) is 11.8. The fourth-order valence-electron chi connectivity index (χ4n) is 3.49. The average Bonchev–Trinajstić information content (AvgIpc) is 2.67. The fraction of sp³-hybridized carbons (Fsp3) is 0.654. The zero-order valence-corrected chi connectivity index (χ0v) is 21.9. The molecule has 0 saturated heterocycles. The number of alkyl carbamates (subject to hydrolysis) is 1. The van der Waals surface area contributed by atoms with Gasteiger partial charge in [0.15, 0.2) is 0 Å². The molecule has 33 heavy (non-hydrogen) atoms. The molecule has 1 aromatic carbocycles. The Labute approximate surface area is 199 Å². The van der Waals surface area contributed by atoms with E-state index in [0.717, 1.165) is 36.0 Å². The van der Waals surface area contributed by atoms with Crippen molar-refractivity contribution in [3.63, 3.8) is 0 Å². The standard InChI is InChI=1S/C26H43N3O4/c1-10-11-12-15-27-23(31)22(20-14-13-18(2)19(3)16-20)29(25(4,5)6)21(30)17-28-24(32)33-26(7,8)9/h13-14,16,22H,10-12,15,17H2,1-9H3,(H,27,31)(H,28,32). The number of ether oxygens (including phenoxy) is 1. The first kappa shape index (κ1) is 28.5. The summed E-state index contributed by atoms with van der Waals surface area (Å²) in [5.41, 5.74) is 1.56. The highest BCUT2D eigenvalue weighted by Gasteiger charge is 2.38. The summed E-state index contributed by atoms with van der Waals surface area (Å²) >= 11 is 0. The van der Waals surface area contributed by atoms with Gasteiger partial charge in [0.05, 0.1) is 0 Å². The maximum Gasteiger partial charge on any atom is 0.408 e. The summed E-state index contributed by atoms with van der Waals surface area (Å²) in [5, 5.41) is 5.54. The van der Waals surface area contributed by atoms with Crippen LogP contribution >= 0.6 is 0 Å². The number of rotatable bonds is 9. The van der Waals surface area contributed by atoms with E-state index in [1.807, 2.05) is 52.8 Å². The van der Waals surface area contributed by atoms with Crippen molar-refractivity contribution >= 4 is 17.9 Å². The molecule has 0 bridgehead atoms. The van der Waals surface area contributed by atoms with Gasteiger partial charge < -0.3 is 20.3 Å². The van der Waals surface area contributed by atoms with E-state index in [4.69, 9.17) is 4.74 Å². The van der Waals surface area contributed by atoms with Gasteiger partial charge in [0.25, 0.3) is 0 Å². The molecule has 1 unspecified atom stereocenters. The second-order valence-corrected chi connectivity index (χ2v) is 10.5. The summed E-state index contributed by atoms with van der Waals surface area (Å²) in [4.78, 5) is 40.5. The number of hydrogen-bond acceptors (Lipinski definition) is 4. The van der Waals surface area contributed by atoms with E-state index >= 15 is 0 Å². The minimum atomic E-state index is -0.820. The van der Waals surface area contributed by atoms with Gasteiger partial charge in [-0.2, -0.15) is 0 Å². The second-order valence-electron chi connectivity index (χ2n) is 10.5. The smallest absolute Gasteiger partial charge is 0.408 e. The summed E-state index contributed by atoms with van der Waals surface area (Å²) in [6.07, 6.45) is 2.29. The van der Waals surface area contributed by atoms with Gasteiger partial charge in [-0.15, -0.1) is 0 Å². The number of hydrogen-bond donors (Lipinski definition) is 2. The lowest BCUT2D eigenvalue weighted by Crippen LogP contribution is -2.55. The molecule has 0 heterocycles. The van der Waals surface area contributed by atoms with Gasteiger partial charge in [-0.3, -0.25) is 9.59 Å². The molecule has 0 radical (unpaired) electrons. The lowest BCUT2D eigenvalue weighted by molar-refractivity contribution is -0.145. The van der Waals surface area contributed by atoms with Crippen LogP contribution in [0.2, 0.25) is 0 Å². The number of benzene rings is 1. The molecule has 0 spiro atoms. The van der Waals surface area contributed by atoms with Crippen LogP contribution in [0.5, 0.6) is 0 Å². The van der Waals surface area contributed by atoms with E-state index in [9.17, 15) is 14.4 Å². The van der Waals surface area contributed by atoms with Crippen LogP contribution in [0.1, 0.15) is 90.5 Å². The van der Waals surface area contributed by atoms with Gasteiger partial charge in [-0.25, -0.2) is 4.79 Å². The Morgan fingerprint density at radius 3 is 2.12 bits per heavy atom. The van der Waals surface area contributed by atoms with Crippen LogP contribution in [0, 0.1) is 13.8 Å². The van der Waals surface area contributed by atoms with Crippen molar-refractivity contribution in [3.05, 3.63) is 34.9 Å². The summed E-state index contributed by atoms with van der Waals surface area (Å²) in [6.45, 7) is 17.3. The first-order chi connectivity index (χ1) is 15.2. The van der Waals surface area contributed by atoms with Crippen molar-refractivity contribution < 1.29 is 19.1 Å². The van der Waals surface area contributed by atoms with Gasteiger partial charge in [0, 0.05) is 12.1 Å². The maximum absolute atomic E-state index is 13.4. The Morgan fingerprint density at radius 1 is 0.970 bits per heavy atom. The van der Waals surface area contributed by atoms with Crippen molar-refractivity contribution in [2.24, 2.45) is 0 Å². The number of unbranched alkanes of at least 4 members (excludes halogenated alkanes) is 2. The van der Waals surface area contributed by atoms with Gasteiger partial charge in [0.2, 0.25) is 11.8 Å². The van der Waals surface area contributed by atoms with Crippen molar-refractivity contribution in [2.45, 2.75) is 98.8 Å². The second kappa shape index (κ2) is 12.1. The molecule has 0 aliphatic heterocycles. The monoisotopic (exact) mass is 461 g/mol. The van der Waals surface area contributed by atoms with Crippen LogP contribution in [0.15, 0.2) is 18.2 Å². The number of aryl methyl sites for hydroxylation is 2. The Kier molecular flexibility index (Phi) is 10.4. The Balaban J connectivity index is 3.25. The Hall–Kier alpha value is -2.57. The summed E-state index contributed by atoms with van der Waals surface area (Å²) < 4.78 is 5.25. The van der Waals surface area contributed by atoms with E-state index in [2.05, 4.69) is 17.6 Å².